The molecule has 0 radical (unpaired) electrons. The largest absolute Gasteiger partial charge is 0.370 e. The molecule has 0 amide bonds. The van der Waals surface area contributed by atoms with E-state index in [1.165, 1.54) is 117 Å². The predicted molar refractivity (Wildman–Crippen MR) is 252 cm³/mol. The average molecular weight is 796 g/mol. The molecule has 0 bridgehead atoms. The summed E-state index contributed by atoms with van der Waals surface area (Å²) in [7, 11) is 4.20. The number of aliphatic imine (C=N–C) groups is 1. The van der Waals surface area contributed by atoms with Gasteiger partial charge in [0.05, 0.1) is 0 Å². The van der Waals surface area contributed by atoms with Crippen LogP contribution in [-0.2, 0) is 0 Å². The molecule has 8 heteroatoms. The van der Waals surface area contributed by atoms with Gasteiger partial charge in [-0.25, -0.2) is 4.58 Å². The minimum absolute atomic E-state index is 0.878. The number of hydrogen-bond acceptors (Lipinski definition) is 7. The smallest absolute Gasteiger partial charge is 0.200 e. The summed E-state index contributed by atoms with van der Waals surface area (Å²) in [6, 6.07) is 18.3. The van der Waals surface area contributed by atoms with Gasteiger partial charge in [0.25, 0.3) is 0 Å². The van der Waals surface area contributed by atoms with Crippen molar-refractivity contribution in [2.75, 3.05) is 99.8 Å². The van der Waals surface area contributed by atoms with Crippen molar-refractivity contribution in [1.82, 2.24) is 9.80 Å². The van der Waals surface area contributed by atoms with Crippen LogP contribution in [0.5, 0.6) is 0 Å². The lowest BCUT2D eigenvalue weighted by atomic mass is 10.1. The second-order valence-corrected chi connectivity index (χ2v) is 17.9. The molecule has 0 spiro atoms. The maximum Gasteiger partial charge on any atom is 0.200 e. The fourth-order valence-corrected chi connectivity index (χ4v) is 9.98. The van der Waals surface area contributed by atoms with Crippen molar-refractivity contribution < 1.29 is 4.58 Å². The Balaban J connectivity index is 0.860. The van der Waals surface area contributed by atoms with Gasteiger partial charge in [-0.05, 0) is 152 Å². The number of nitrogens with zero attached hydrogens (tertiary/aromatic N) is 6. The molecule has 0 saturated carbocycles. The molecule has 0 aliphatic carbocycles. The SMILES string of the molecule is CC/N=C/CC/C=C/C=C/c1ccc(N2CCCN(CCCCSSCCCCN3CCCN(c4ccc(/C=C/C5=CCCC=[N+]5CC)cc4)CC3)CC2)cc1. The predicted octanol–water partition coefficient (Wildman–Crippen LogP) is 10.6. The normalized spacial score (nSPS) is 18.0. The van der Waals surface area contributed by atoms with Gasteiger partial charge in [0.15, 0.2) is 0 Å². The third kappa shape index (κ3) is 16.4. The highest BCUT2D eigenvalue weighted by Crippen LogP contribution is 2.25. The van der Waals surface area contributed by atoms with E-state index in [1.807, 2.05) is 6.21 Å². The summed E-state index contributed by atoms with van der Waals surface area (Å²) in [5, 5.41) is 0. The summed E-state index contributed by atoms with van der Waals surface area (Å²) in [6.45, 7) is 18.1. The molecule has 0 unspecified atom stereocenters. The molecule has 2 aromatic rings. The van der Waals surface area contributed by atoms with Gasteiger partial charge in [0, 0.05) is 81.2 Å². The lowest BCUT2D eigenvalue weighted by Crippen LogP contribution is -2.31. The Hall–Kier alpha value is -3.04. The molecule has 6 nitrogen and oxygen atoms in total. The molecule has 56 heavy (non-hydrogen) atoms. The van der Waals surface area contributed by atoms with Crippen LogP contribution in [0.15, 0.2) is 89.6 Å². The van der Waals surface area contributed by atoms with E-state index in [2.05, 4.69) is 162 Å². The first-order chi connectivity index (χ1) is 27.7. The van der Waals surface area contributed by atoms with Crippen molar-refractivity contribution in [3.63, 3.8) is 0 Å². The maximum atomic E-state index is 4.27. The minimum Gasteiger partial charge on any atom is -0.370 e. The van der Waals surface area contributed by atoms with Crippen molar-refractivity contribution >= 4 is 57.5 Å². The first kappa shape index (κ1) is 44.1. The Morgan fingerprint density at radius 2 is 1.23 bits per heavy atom. The summed E-state index contributed by atoms with van der Waals surface area (Å²) in [5.74, 6) is 2.56. The zero-order valence-electron chi connectivity index (χ0n) is 34.8. The maximum absolute atomic E-state index is 4.27. The number of allylic oxidation sites excluding steroid dienone is 5. The van der Waals surface area contributed by atoms with E-state index in [0.717, 1.165) is 65.0 Å². The van der Waals surface area contributed by atoms with Crippen LogP contribution in [0.1, 0.15) is 89.2 Å². The number of unbranched alkanes of at least 4 members (excludes halogenated alkanes) is 3. The molecule has 3 aliphatic rings. The Morgan fingerprint density at radius 1 is 0.625 bits per heavy atom. The van der Waals surface area contributed by atoms with Crippen LogP contribution in [0.25, 0.3) is 12.2 Å². The quantitative estimate of drug-likeness (QED) is 0.0388. The molecular weight excluding hydrogens is 725 g/mol. The van der Waals surface area contributed by atoms with E-state index in [4.69, 9.17) is 0 Å². The van der Waals surface area contributed by atoms with Crippen LogP contribution >= 0.6 is 21.6 Å². The number of hydrogen-bond donors (Lipinski definition) is 0. The van der Waals surface area contributed by atoms with Gasteiger partial charge >= 0.3 is 0 Å². The van der Waals surface area contributed by atoms with Gasteiger partial charge in [-0.1, -0.05) is 70.2 Å². The highest BCUT2D eigenvalue weighted by molar-refractivity contribution is 8.76. The number of rotatable bonds is 22. The number of benzene rings is 2. The van der Waals surface area contributed by atoms with Crippen LogP contribution in [0.3, 0.4) is 0 Å². The molecule has 0 N–H and O–H groups in total. The Bertz CT molecular complexity index is 1560. The van der Waals surface area contributed by atoms with Crippen molar-refractivity contribution in [3.8, 4) is 0 Å². The molecule has 3 aliphatic heterocycles. The summed E-state index contributed by atoms with van der Waals surface area (Å²) < 4.78 is 2.36. The van der Waals surface area contributed by atoms with Gasteiger partial charge in [-0.2, -0.15) is 0 Å². The Kier molecular flexibility index (Phi) is 21.1. The summed E-state index contributed by atoms with van der Waals surface area (Å²) in [4.78, 5) is 14.8. The van der Waals surface area contributed by atoms with E-state index in [-0.39, 0.29) is 0 Å². The Labute approximate surface area is 349 Å². The van der Waals surface area contributed by atoms with Crippen LogP contribution < -0.4 is 9.80 Å². The fourth-order valence-electron chi connectivity index (χ4n) is 7.68. The standard InChI is InChI=1S/C48H71N6S2/c1-3-49-30-10-7-5-6-8-18-44-20-26-47(27-21-44)53-36-16-33-50(38-40-53)31-12-14-42-55-56-43-15-13-32-51-34-17-37-54(41-39-51)48-28-23-45(24-29-48)22-25-46-19-9-11-35-52(46)4-2/h5-6,8,18-30,35H,3-4,7,9-17,31-34,36-43H2,1-2H3/q+1/b6-5+,18-8+,25-22+,49-30+. The van der Waals surface area contributed by atoms with Gasteiger partial charge in [0.1, 0.15) is 12.8 Å². The van der Waals surface area contributed by atoms with Crippen LogP contribution in [0, 0.1) is 0 Å². The van der Waals surface area contributed by atoms with Crippen LogP contribution in [0.2, 0.25) is 0 Å². The summed E-state index contributed by atoms with van der Waals surface area (Å²) >= 11 is 0. The Morgan fingerprint density at radius 3 is 1.82 bits per heavy atom. The first-order valence-corrected chi connectivity index (χ1v) is 24.4. The second-order valence-electron chi connectivity index (χ2n) is 15.2. The van der Waals surface area contributed by atoms with Gasteiger partial charge in [-0.3, -0.25) is 4.99 Å². The average Bonchev–Trinajstić information content (AvgIpc) is 3.63. The van der Waals surface area contributed by atoms with Gasteiger partial charge < -0.3 is 19.6 Å². The van der Waals surface area contributed by atoms with E-state index >= 15 is 0 Å². The second kappa shape index (κ2) is 26.8. The molecule has 0 atom stereocenters. The monoisotopic (exact) mass is 796 g/mol. The third-order valence-electron chi connectivity index (χ3n) is 11.0. The molecule has 304 valence electrons. The van der Waals surface area contributed by atoms with Crippen molar-refractivity contribution in [2.45, 2.75) is 78.1 Å². The van der Waals surface area contributed by atoms with E-state index in [0.29, 0.717) is 0 Å². The molecule has 5 rings (SSSR count). The fraction of sp³-hybridized carbons (Fsp3) is 0.542. The number of likely N-dealkylation sites (N-methyl/N-ethyl adjacent to an activating group) is 1. The molecular formula is C48H71N6S2+. The highest BCUT2D eigenvalue weighted by atomic mass is 33.1. The first-order valence-electron chi connectivity index (χ1n) is 21.9. The molecule has 0 aromatic heterocycles. The van der Waals surface area contributed by atoms with E-state index in [1.54, 1.807) is 0 Å². The molecule has 2 aromatic carbocycles. The van der Waals surface area contributed by atoms with Crippen molar-refractivity contribution in [1.29, 1.82) is 0 Å². The third-order valence-corrected chi connectivity index (χ3v) is 13.6. The zero-order chi connectivity index (χ0) is 38.9. The van der Waals surface area contributed by atoms with E-state index in [9.17, 15) is 0 Å². The zero-order valence-corrected chi connectivity index (χ0v) is 36.4. The summed E-state index contributed by atoms with van der Waals surface area (Å²) in [5.41, 5.74) is 6.59. The van der Waals surface area contributed by atoms with Crippen LogP contribution in [0.4, 0.5) is 11.4 Å². The number of anilines is 2. The van der Waals surface area contributed by atoms with Gasteiger partial charge in [-0.15, -0.1) is 0 Å². The molecule has 2 saturated heterocycles. The topological polar surface area (TPSA) is 28.3 Å². The lowest BCUT2D eigenvalue weighted by molar-refractivity contribution is -0.465. The van der Waals surface area contributed by atoms with Crippen molar-refractivity contribution in [3.05, 3.63) is 95.7 Å². The highest BCUT2D eigenvalue weighted by Gasteiger charge is 2.17. The molecule has 2 fully saturated rings. The summed E-state index contributed by atoms with van der Waals surface area (Å²) in [6.07, 6.45) is 32.1. The molecule has 3 heterocycles. The van der Waals surface area contributed by atoms with E-state index < -0.39 is 0 Å². The minimum atomic E-state index is 0.878. The lowest BCUT2D eigenvalue weighted by Gasteiger charge is -2.24. The van der Waals surface area contributed by atoms with Crippen LogP contribution in [-0.4, -0.2) is 117 Å². The van der Waals surface area contributed by atoms with Gasteiger partial charge in [0.2, 0.25) is 5.70 Å². The van der Waals surface area contributed by atoms with Crippen molar-refractivity contribution in [2.24, 2.45) is 4.99 Å².